The number of benzene rings is 2. The molecule has 5 heteroatoms. The summed E-state index contributed by atoms with van der Waals surface area (Å²) in [5, 5.41) is 0. The second-order valence-corrected chi connectivity index (χ2v) is 6.33. The number of hydrogen-bond acceptors (Lipinski definition) is 4. The maximum atomic E-state index is 12.9. The number of carbonyl (C=O) groups is 1. The van der Waals surface area contributed by atoms with Crippen molar-refractivity contribution in [2.75, 3.05) is 32.8 Å². The average molecular weight is 355 g/mol. The Labute approximate surface area is 154 Å². The summed E-state index contributed by atoms with van der Waals surface area (Å²) in [7, 11) is 4.92. The van der Waals surface area contributed by atoms with Gasteiger partial charge in [-0.05, 0) is 37.0 Å². The van der Waals surface area contributed by atoms with Crippen LogP contribution in [0.4, 0.5) is 5.69 Å². The molecule has 1 aliphatic rings. The lowest BCUT2D eigenvalue weighted by atomic mass is 9.99. The highest BCUT2D eigenvalue weighted by Gasteiger charge is 2.25. The van der Waals surface area contributed by atoms with Crippen molar-refractivity contribution in [2.45, 2.75) is 25.7 Å². The highest BCUT2D eigenvalue weighted by Crippen LogP contribution is 2.38. The van der Waals surface area contributed by atoms with Gasteiger partial charge in [-0.15, -0.1) is 0 Å². The summed E-state index contributed by atoms with van der Waals surface area (Å²) < 4.78 is 16.1. The lowest BCUT2D eigenvalue weighted by Gasteiger charge is -2.31. The fourth-order valence-corrected chi connectivity index (χ4v) is 3.41. The minimum absolute atomic E-state index is 0.115. The van der Waals surface area contributed by atoms with Crippen LogP contribution >= 0.6 is 0 Å². The quantitative estimate of drug-likeness (QED) is 0.794. The van der Waals surface area contributed by atoms with Crippen molar-refractivity contribution in [3.8, 4) is 17.2 Å². The Bertz CT molecular complexity index is 788. The summed E-state index contributed by atoms with van der Waals surface area (Å²) in [6.45, 7) is 0.722. The van der Waals surface area contributed by atoms with E-state index in [4.69, 9.17) is 14.2 Å². The molecule has 0 radical (unpaired) electrons. The Morgan fingerprint density at radius 2 is 1.85 bits per heavy atom. The fourth-order valence-electron chi connectivity index (χ4n) is 3.41. The fraction of sp³-hybridized carbons (Fsp3) is 0.381. The minimum atomic E-state index is 0.115. The van der Waals surface area contributed by atoms with E-state index in [1.54, 1.807) is 21.3 Å². The first kappa shape index (κ1) is 18.1. The van der Waals surface area contributed by atoms with E-state index in [0.717, 1.165) is 47.7 Å². The Morgan fingerprint density at radius 3 is 2.58 bits per heavy atom. The van der Waals surface area contributed by atoms with Crippen molar-refractivity contribution in [3.63, 3.8) is 0 Å². The summed E-state index contributed by atoms with van der Waals surface area (Å²) in [4.78, 5) is 14.8. The van der Waals surface area contributed by atoms with Crippen LogP contribution in [0, 0.1) is 0 Å². The Balaban J connectivity index is 1.79. The number of nitrogens with zero attached hydrogens (tertiary/aromatic N) is 1. The van der Waals surface area contributed by atoms with Gasteiger partial charge in [0.2, 0.25) is 5.91 Å². The summed E-state index contributed by atoms with van der Waals surface area (Å²) >= 11 is 0. The van der Waals surface area contributed by atoms with Crippen LogP contribution in [0.1, 0.15) is 24.0 Å². The second kappa shape index (κ2) is 8.13. The van der Waals surface area contributed by atoms with E-state index >= 15 is 0 Å². The molecule has 0 spiro atoms. The van der Waals surface area contributed by atoms with Crippen molar-refractivity contribution in [1.29, 1.82) is 0 Å². The van der Waals surface area contributed by atoms with Gasteiger partial charge in [0, 0.05) is 30.7 Å². The summed E-state index contributed by atoms with van der Waals surface area (Å²) in [6, 6.07) is 11.7. The molecule has 0 atom stereocenters. The zero-order valence-corrected chi connectivity index (χ0v) is 15.6. The van der Waals surface area contributed by atoms with Crippen molar-refractivity contribution in [3.05, 3.63) is 47.5 Å². The van der Waals surface area contributed by atoms with Crippen molar-refractivity contribution in [1.82, 2.24) is 0 Å². The number of carbonyl (C=O) groups excluding carboxylic acids is 1. The Hall–Kier alpha value is -2.69. The maximum absolute atomic E-state index is 12.9. The molecule has 0 saturated carbocycles. The van der Waals surface area contributed by atoms with Gasteiger partial charge in [0.05, 0.1) is 27.0 Å². The van der Waals surface area contributed by atoms with Gasteiger partial charge in [0.1, 0.15) is 17.2 Å². The van der Waals surface area contributed by atoms with Crippen LogP contribution in [-0.2, 0) is 17.6 Å². The molecule has 1 amide bonds. The number of aryl methyl sites for hydroxylation is 1. The number of fused-ring (bicyclic) bond motifs is 1. The standard InChI is InChI=1S/C21H25NO4/c1-24-16-7-4-6-15(12-16)9-10-21(23)22-11-5-8-18-19(22)13-17(25-2)14-20(18)26-3/h4,6-7,12-14H,5,8-11H2,1-3H3. The number of methoxy groups -OCH3 is 3. The molecule has 138 valence electrons. The monoisotopic (exact) mass is 355 g/mol. The lowest BCUT2D eigenvalue weighted by Crippen LogP contribution is -2.35. The number of anilines is 1. The Kier molecular flexibility index (Phi) is 5.66. The first-order chi connectivity index (χ1) is 12.7. The number of ether oxygens (including phenoxy) is 3. The van der Waals surface area contributed by atoms with Crippen LogP contribution in [0.25, 0.3) is 0 Å². The van der Waals surface area contributed by atoms with E-state index in [-0.39, 0.29) is 5.91 Å². The number of amides is 1. The van der Waals surface area contributed by atoms with Crippen LogP contribution in [0.5, 0.6) is 17.2 Å². The van der Waals surface area contributed by atoms with Gasteiger partial charge in [0.15, 0.2) is 0 Å². The highest BCUT2D eigenvalue weighted by molar-refractivity contribution is 5.95. The molecule has 0 aromatic heterocycles. The van der Waals surface area contributed by atoms with E-state index in [1.807, 2.05) is 41.3 Å². The predicted octanol–water partition coefficient (Wildman–Crippen LogP) is 3.62. The van der Waals surface area contributed by atoms with Gasteiger partial charge in [-0.1, -0.05) is 12.1 Å². The van der Waals surface area contributed by atoms with Crippen molar-refractivity contribution in [2.24, 2.45) is 0 Å². The molecule has 0 aliphatic carbocycles. The first-order valence-corrected chi connectivity index (χ1v) is 8.84. The van der Waals surface area contributed by atoms with Crippen molar-refractivity contribution >= 4 is 11.6 Å². The molecule has 3 rings (SSSR count). The zero-order chi connectivity index (χ0) is 18.5. The first-order valence-electron chi connectivity index (χ1n) is 8.84. The van der Waals surface area contributed by atoms with Gasteiger partial charge in [-0.3, -0.25) is 4.79 Å². The zero-order valence-electron chi connectivity index (χ0n) is 15.6. The van der Waals surface area contributed by atoms with Gasteiger partial charge in [0.25, 0.3) is 0 Å². The Morgan fingerprint density at radius 1 is 1.04 bits per heavy atom. The molecule has 1 heterocycles. The molecule has 0 fully saturated rings. The SMILES string of the molecule is COc1cccc(CCC(=O)N2CCCc3c(OC)cc(OC)cc32)c1. The molecule has 2 aromatic rings. The van der Waals surface area contributed by atoms with E-state index in [1.165, 1.54) is 0 Å². The minimum Gasteiger partial charge on any atom is -0.497 e. The number of hydrogen-bond donors (Lipinski definition) is 0. The molecule has 1 aliphatic heterocycles. The highest BCUT2D eigenvalue weighted by atomic mass is 16.5. The molecule has 26 heavy (non-hydrogen) atoms. The van der Waals surface area contributed by atoms with Crippen LogP contribution in [0.2, 0.25) is 0 Å². The molecule has 2 aromatic carbocycles. The maximum Gasteiger partial charge on any atom is 0.227 e. The van der Waals surface area contributed by atoms with Gasteiger partial charge < -0.3 is 19.1 Å². The van der Waals surface area contributed by atoms with Crippen LogP contribution in [0.15, 0.2) is 36.4 Å². The molecule has 0 bridgehead atoms. The topological polar surface area (TPSA) is 48.0 Å². The van der Waals surface area contributed by atoms with Gasteiger partial charge in [-0.25, -0.2) is 0 Å². The van der Waals surface area contributed by atoms with E-state index in [9.17, 15) is 4.79 Å². The summed E-state index contributed by atoms with van der Waals surface area (Å²) in [6.07, 6.45) is 2.97. The largest absolute Gasteiger partial charge is 0.497 e. The van der Waals surface area contributed by atoms with Crippen LogP contribution < -0.4 is 19.1 Å². The molecule has 0 saturated heterocycles. The molecular weight excluding hydrogens is 330 g/mol. The third-order valence-electron chi connectivity index (χ3n) is 4.78. The van der Waals surface area contributed by atoms with Crippen molar-refractivity contribution < 1.29 is 19.0 Å². The summed E-state index contributed by atoms with van der Waals surface area (Å²) in [5.41, 5.74) is 3.08. The third-order valence-corrected chi connectivity index (χ3v) is 4.78. The van der Waals surface area contributed by atoms with Crippen LogP contribution in [-0.4, -0.2) is 33.8 Å². The lowest BCUT2D eigenvalue weighted by molar-refractivity contribution is -0.118. The van der Waals surface area contributed by atoms with E-state index in [0.29, 0.717) is 18.6 Å². The molecule has 5 nitrogen and oxygen atoms in total. The smallest absolute Gasteiger partial charge is 0.227 e. The van der Waals surface area contributed by atoms with E-state index in [2.05, 4.69) is 0 Å². The van der Waals surface area contributed by atoms with Gasteiger partial charge in [-0.2, -0.15) is 0 Å². The van der Waals surface area contributed by atoms with E-state index < -0.39 is 0 Å². The van der Waals surface area contributed by atoms with Crippen LogP contribution in [0.3, 0.4) is 0 Å². The molecular formula is C21H25NO4. The summed E-state index contributed by atoms with van der Waals surface area (Å²) in [5.74, 6) is 2.41. The number of rotatable bonds is 6. The molecule has 0 N–H and O–H groups in total. The normalized spacial score (nSPS) is 13.1. The predicted molar refractivity (Wildman–Crippen MR) is 102 cm³/mol. The third kappa shape index (κ3) is 3.77. The van der Waals surface area contributed by atoms with Gasteiger partial charge >= 0.3 is 0 Å². The second-order valence-electron chi connectivity index (χ2n) is 6.33. The average Bonchev–Trinajstić information content (AvgIpc) is 2.70. The molecule has 0 unspecified atom stereocenters.